The summed E-state index contributed by atoms with van der Waals surface area (Å²) in [5.41, 5.74) is 1.64. The molecule has 0 spiro atoms. The van der Waals surface area contributed by atoms with Gasteiger partial charge >= 0.3 is 5.97 Å². The molecule has 1 aromatic carbocycles. The highest BCUT2D eigenvalue weighted by Crippen LogP contribution is 2.18. The fourth-order valence-electron chi connectivity index (χ4n) is 1.61. The van der Waals surface area contributed by atoms with Crippen molar-refractivity contribution in [3.63, 3.8) is 0 Å². The number of aromatic amines is 1. The number of rotatable bonds is 5. The Bertz CT molecular complexity index is 711. The van der Waals surface area contributed by atoms with Crippen LogP contribution in [-0.2, 0) is 10.5 Å². The van der Waals surface area contributed by atoms with E-state index in [-0.39, 0.29) is 17.6 Å². The zero-order chi connectivity index (χ0) is 16.1. The number of nitrogens with one attached hydrogen (secondary N) is 1. The van der Waals surface area contributed by atoms with Gasteiger partial charge in [0, 0.05) is 5.75 Å². The number of H-pyrrole nitrogens is 1. The molecule has 1 N–H and O–H groups in total. The molecule has 0 unspecified atom stereocenters. The molecule has 116 valence electrons. The number of carbonyl (C=O) groups excluding carboxylic acids is 1. The molecule has 0 aliphatic carbocycles. The highest BCUT2D eigenvalue weighted by atomic mass is 32.2. The number of thioether (sulfide) groups is 1. The Hall–Kier alpha value is -2.15. The third-order valence-corrected chi connectivity index (χ3v) is 3.68. The first-order chi connectivity index (χ1) is 10.5. The molecular weight excluding hydrogens is 302 g/mol. The summed E-state index contributed by atoms with van der Waals surface area (Å²) >= 11 is 1.38. The van der Waals surface area contributed by atoms with E-state index in [4.69, 9.17) is 4.74 Å². The first-order valence-corrected chi connectivity index (χ1v) is 7.80. The van der Waals surface area contributed by atoms with Crippen molar-refractivity contribution in [2.24, 2.45) is 0 Å². The van der Waals surface area contributed by atoms with Crippen molar-refractivity contribution in [3.05, 3.63) is 51.4 Å². The van der Waals surface area contributed by atoms with Crippen LogP contribution in [0.25, 0.3) is 0 Å². The molecule has 0 atom stereocenters. The summed E-state index contributed by atoms with van der Waals surface area (Å²) in [5, 5.41) is 8.17. The van der Waals surface area contributed by atoms with Gasteiger partial charge in [-0.1, -0.05) is 23.9 Å². The minimum absolute atomic E-state index is 0.139. The van der Waals surface area contributed by atoms with Crippen LogP contribution in [0.15, 0.2) is 34.2 Å². The summed E-state index contributed by atoms with van der Waals surface area (Å²) in [4.78, 5) is 25.8. The molecule has 0 bridgehead atoms. The second kappa shape index (κ2) is 7.22. The van der Waals surface area contributed by atoms with Crippen molar-refractivity contribution >= 4 is 17.7 Å². The fourth-order valence-corrected chi connectivity index (χ4v) is 2.37. The number of esters is 1. The van der Waals surface area contributed by atoms with E-state index in [1.165, 1.54) is 11.8 Å². The first kappa shape index (κ1) is 16.2. The van der Waals surface area contributed by atoms with Gasteiger partial charge in [-0.3, -0.25) is 9.78 Å². The lowest BCUT2D eigenvalue weighted by molar-refractivity contribution is 0.0378. The molecule has 1 heterocycles. The Morgan fingerprint density at radius 1 is 1.27 bits per heavy atom. The number of hydrogen-bond donors (Lipinski definition) is 1. The molecule has 7 heteroatoms. The van der Waals surface area contributed by atoms with Crippen LogP contribution in [0.4, 0.5) is 0 Å². The predicted octanol–water partition coefficient (Wildman–Crippen LogP) is 2.33. The van der Waals surface area contributed by atoms with Crippen LogP contribution in [-0.4, -0.2) is 27.3 Å². The molecule has 2 rings (SSSR count). The van der Waals surface area contributed by atoms with Crippen LogP contribution < -0.4 is 5.56 Å². The van der Waals surface area contributed by atoms with Crippen LogP contribution >= 0.6 is 11.8 Å². The lowest BCUT2D eigenvalue weighted by Gasteiger charge is -2.08. The predicted molar refractivity (Wildman–Crippen MR) is 83.9 cm³/mol. The maximum Gasteiger partial charge on any atom is 0.338 e. The van der Waals surface area contributed by atoms with Gasteiger partial charge in [0.1, 0.15) is 5.69 Å². The average Bonchev–Trinajstić information content (AvgIpc) is 2.48. The van der Waals surface area contributed by atoms with Gasteiger partial charge in [0.2, 0.25) is 0 Å². The summed E-state index contributed by atoms with van der Waals surface area (Å²) in [6.07, 6.45) is -0.139. The third kappa shape index (κ3) is 4.42. The summed E-state index contributed by atoms with van der Waals surface area (Å²) in [5.74, 6) is 0.288. The van der Waals surface area contributed by atoms with Gasteiger partial charge in [-0.25, -0.2) is 4.79 Å². The van der Waals surface area contributed by atoms with E-state index in [1.807, 2.05) is 26.0 Å². The average molecular weight is 319 g/mol. The Morgan fingerprint density at radius 2 is 1.95 bits per heavy atom. The summed E-state index contributed by atoms with van der Waals surface area (Å²) in [6, 6.07) is 7.15. The summed E-state index contributed by atoms with van der Waals surface area (Å²) < 4.78 is 5.13. The van der Waals surface area contributed by atoms with Crippen LogP contribution in [0, 0.1) is 6.92 Å². The minimum Gasteiger partial charge on any atom is -0.459 e. The van der Waals surface area contributed by atoms with Crippen molar-refractivity contribution in [2.75, 3.05) is 0 Å². The van der Waals surface area contributed by atoms with Crippen LogP contribution in [0.3, 0.4) is 0 Å². The molecule has 0 amide bonds. The highest BCUT2D eigenvalue weighted by Gasteiger charge is 2.09. The van der Waals surface area contributed by atoms with Gasteiger partial charge in [0.15, 0.2) is 5.16 Å². The normalized spacial score (nSPS) is 10.7. The maximum atomic E-state index is 11.7. The van der Waals surface area contributed by atoms with Crippen molar-refractivity contribution in [3.8, 4) is 0 Å². The minimum atomic E-state index is -0.331. The maximum absolute atomic E-state index is 11.7. The Kier molecular flexibility index (Phi) is 5.32. The fraction of sp³-hybridized carbons (Fsp3) is 0.333. The number of ether oxygens (including phenoxy) is 1. The molecule has 0 aliphatic heterocycles. The molecule has 22 heavy (non-hydrogen) atoms. The van der Waals surface area contributed by atoms with Crippen molar-refractivity contribution in [1.29, 1.82) is 0 Å². The van der Waals surface area contributed by atoms with E-state index in [2.05, 4.69) is 15.2 Å². The van der Waals surface area contributed by atoms with Crippen molar-refractivity contribution in [2.45, 2.75) is 37.8 Å². The van der Waals surface area contributed by atoms with Crippen LogP contribution in [0.5, 0.6) is 0 Å². The Labute approximate surface area is 132 Å². The molecule has 0 radical (unpaired) electrons. The highest BCUT2D eigenvalue weighted by molar-refractivity contribution is 7.98. The van der Waals surface area contributed by atoms with Crippen LogP contribution in [0.2, 0.25) is 0 Å². The molecule has 0 saturated carbocycles. The molecule has 1 aromatic heterocycles. The lowest BCUT2D eigenvalue weighted by atomic mass is 10.1. The molecule has 6 nitrogen and oxygen atoms in total. The second-order valence-electron chi connectivity index (χ2n) is 4.98. The standard InChI is InChI=1S/C15H17N3O3S/c1-9(2)21-14(20)12-6-4-11(5-7-12)8-22-15-16-13(19)10(3)17-18-15/h4-7,9H,8H2,1-3H3,(H,16,18,19). The second-order valence-corrected chi connectivity index (χ2v) is 5.95. The van der Waals surface area contributed by atoms with E-state index in [9.17, 15) is 9.59 Å². The molecule has 0 fully saturated rings. The van der Waals surface area contributed by atoms with Gasteiger partial charge in [0.05, 0.1) is 11.7 Å². The molecule has 0 aliphatic rings. The number of carbonyl (C=O) groups is 1. The smallest absolute Gasteiger partial charge is 0.338 e. The molecule has 0 saturated heterocycles. The van der Waals surface area contributed by atoms with Gasteiger partial charge in [-0.15, -0.1) is 10.2 Å². The molecule has 2 aromatic rings. The SMILES string of the molecule is Cc1nnc(SCc2ccc(C(=O)OC(C)C)cc2)[nH]c1=O. The van der Waals surface area contributed by atoms with E-state index in [0.717, 1.165) is 5.56 Å². The number of hydrogen-bond acceptors (Lipinski definition) is 6. The summed E-state index contributed by atoms with van der Waals surface area (Å²) in [6.45, 7) is 5.23. The quantitative estimate of drug-likeness (QED) is 0.672. The number of aryl methyl sites for hydroxylation is 1. The van der Waals surface area contributed by atoms with Gasteiger partial charge in [-0.2, -0.15) is 0 Å². The van der Waals surface area contributed by atoms with E-state index >= 15 is 0 Å². The van der Waals surface area contributed by atoms with E-state index < -0.39 is 0 Å². The topological polar surface area (TPSA) is 84.9 Å². The Balaban J connectivity index is 1.98. The first-order valence-electron chi connectivity index (χ1n) is 6.82. The number of nitrogens with zero attached hydrogens (tertiary/aromatic N) is 2. The van der Waals surface area contributed by atoms with Gasteiger partial charge in [-0.05, 0) is 38.5 Å². The number of benzene rings is 1. The van der Waals surface area contributed by atoms with Gasteiger partial charge in [0.25, 0.3) is 5.56 Å². The largest absolute Gasteiger partial charge is 0.459 e. The van der Waals surface area contributed by atoms with Crippen LogP contribution in [0.1, 0.15) is 35.5 Å². The lowest BCUT2D eigenvalue weighted by Crippen LogP contribution is -2.14. The number of aromatic nitrogens is 3. The van der Waals surface area contributed by atoms with Gasteiger partial charge < -0.3 is 4.74 Å². The van der Waals surface area contributed by atoms with E-state index in [1.54, 1.807) is 19.1 Å². The molecular formula is C15H17N3O3S. The van der Waals surface area contributed by atoms with Crippen molar-refractivity contribution in [1.82, 2.24) is 15.2 Å². The monoisotopic (exact) mass is 319 g/mol. The Morgan fingerprint density at radius 3 is 2.55 bits per heavy atom. The van der Waals surface area contributed by atoms with Crippen molar-refractivity contribution < 1.29 is 9.53 Å². The third-order valence-electron chi connectivity index (χ3n) is 2.75. The van der Waals surface area contributed by atoms with E-state index in [0.29, 0.717) is 22.2 Å². The zero-order valence-corrected chi connectivity index (χ0v) is 13.4. The zero-order valence-electron chi connectivity index (χ0n) is 12.6. The summed E-state index contributed by atoms with van der Waals surface area (Å²) in [7, 11) is 0.